The molecule has 118 valence electrons. The second kappa shape index (κ2) is 6.73. The van der Waals surface area contributed by atoms with Gasteiger partial charge in [-0.1, -0.05) is 0 Å². The number of nitrogens with zero attached hydrogens (tertiary/aromatic N) is 3. The minimum Gasteiger partial charge on any atom is -0.388 e. The normalized spacial score (nSPS) is 10.5. The lowest BCUT2D eigenvalue weighted by atomic mass is 10.2. The summed E-state index contributed by atoms with van der Waals surface area (Å²) >= 11 is 0. The molecule has 0 unspecified atom stereocenters. The SMILES string of the molecule is O=C(NCCn1ccnc1)Oc1cc(-c2ccc(F)cc2)on1. The number of rotatable bonds is 5. The van der Waals surface area contributed by atoms with E-state index in [4.69, 9.17) is 9.26 Å². The number of ether oxygens (including phenoxy) is 1. The molecule has 0 aliphatic carbocycles. The fourth-order valence-corrected chi connectivity index (χ4v) is 1.89. The van der Waals surface area contributed by atoms with Gasteiger partial charge in [-0.2, -0.15) is 0 Å². The average molecular weight is 316 g/mol. The van der Waals surface area contributed by atoms with Crippen LogP contribution in [-0.4, -0.2) is 27.3 Å². The van der Waals surface area contributed by atoms with E-state index < -0.39 is 6.09 Å². The summed E-state index contributed by atoms with van der Waals surface area (Å²) in [6.45, 7) is 0.965. The van der Waals surface area contributed by atoms with Gasteiger partial charge in [0.15, 0.2) is 5.76 Å². The monoisotopic (exact) mass is 316 g/mol. The van der Waals surface area contributed by atoms with Gasteiger partial charge in [-0.25, -0.2) is 14.2 Å². The van der Waals surface area contributed by atoms with Gasteiger partial charge < -0.3 is 19.1 Å². The number of halogens is 1. The molecule has 0 bridgehead atoms. The first-order chi connectivity index (χ1) is 11.2. The topological polar surface area (TPSA) is 82.2 Å². The molecular weight excluding hydrogens is 303 g/mol. The standard InChI is InChI=1S/C15H13FN4O3/c16-12-3-1-11(2-4-12)13-9-14(19-23-13)22-15(21)18-6-8-20-7-5-17-10-20/h1-5,7,9-10H,6,8H2,(H,18,21). The van der Waals surface area contributed by atoms with E-state index in [1.807, 2.05) is 4.57 Å². The molecule has 1 amide bonds. The first kappa shape index (κ1) is 14.8. The van der Waals surface area contributed by atoms with Crippen LogP contribution in [0.25, 0.3) is 11.3 Å². The summed E-state index contributed by atoms with van der Waals surface area (Å²) in [7, 11) is 0. The Hall–Kier alpha value is -3.16. The fraction of sp³-hybridized carbons (Fsp3) is 0.133. The van der Waals surface area contributed by atoms with Crippen molar-refractivity contribution in [3.63, 3.8) is 0 Å². The summed E-state index contributed by atoms with van der Waals surface area (Å²) in [6.07, 6.45) is 4.47. The quantitative estimate of drug-likeness (QED) is 0.782. The summed E-state index contributed by atoms with van der Waals surface area (Å²) in [5.74, 6) is 0.0673. The van der Waals surface area contributed by atoms with Crippen molar-refractivity contribution in [2.24, 2.45) is 0 Å². The van der Waals surface area contributed by atoms with Crippen molar-refractivity contribution >= 4 is 6.09 Å². The van der Waals surface area contributed by atoms with Gasteiger partial charge in [0.05, 0.1) is 12.4 Å². The maximum atomic E-state index is 12.9. The number of hydrogen-bond donors (Lipinski definition) is 1. The average Bonchev–Trinajstić information content (AvgIpc) is 3.20. The van der Waals surface area contributed by atoms with Gasteiger partial charge in [0.2, 0.25) is 0 Å². The molecule has 23 heavy (non-hydrogen) atoms. The zero-order chi connectivity index (χ0) is 16.1. The Morgan fingerprint density at radius 3 is 2.91 bits per heavy atom. The molecule has 2 aromatic heterocycles. The van der Waals surface area contributed by atoms with Crippen molar-refractivity contribution in [2.75, 3.05) is 6.54 Å². The Morgan fingerprint density at radius 2 is 2.17 bits per heavy atom. The molecule has 0 radical (unpaired) electrons. The van der Waals surface area contributed by atoms with Crippen LogP contribution in [-0.2, 0) is 6.54 Å². The van der Waals surface area contributed by atoms with Crippen molar-refractivity contribution < 1.29 is 18.4 Å². The van der Waals surface area contributed by atoms with Crippen LogP contribution in [0.15, 0.2) is 53.6 Å². The van der Waals surface area contributed by atoms with Crippen LogP contribution in [0.5, 0.6) is 5.88 Å². The van der Waals surface area contributed by atoms with Crippen molar-refractivity contribution in [1.29, 1.82) is 0 Å². The second-order valence-corrected chi connectivity index (χ2v) is 4.65. The molecule has 0 spiro atoms. The molecule has 0 aliphatic heterocycles. The molecular formula is C15H13FN4O3. The number of carbonyl (C=O) groups is 1. The minimum absolute atomic E-state index is 0.0319. The smallest absolute Gasteiger partial charge is 0.388 e. The summed E-state index contributed by atoms with van der Waals surface area (Å²) in [5, 5.41) is 6.23. The molecule has 3 aromatic rings. The van der Waals surface area contributed by atoms with Crippen LogP contribution >= 0.6 is 0 Å². The third-order valence-electron chi connectivity index (χ3n) is 3.01. The molecule has 1 N–H and O–H groups in total. The molecule has 0 saturated carbocycles. The maximum absolute atomic E-state index is 12.9. The largest absolute Gasteiger partial charge is 0.414 e. The van der Waals surface area contributed by atoms with E-state index >= 15 is 0 Å². The number of nitrogens with one attached hydrogen (secondary N) is 1. The van der Waals surface area contributed by atoms with E-state index in [0.717, 1.165) is 0 Å². The zero-order valence-corrected chi connectivity index (χ0v) is 12.0. The predicted octanol–water partition coefficient (Wildman–Crippen LogP) is 2.47. The first-order valence-corrected chi connectivity index (χ1v) is 6.85. The molecule has 0 fully saturated rings. The molecule has 2 heterocycles. The highest BCUT2D eigenvalue weighted by Crippen LogP contribution is 2.23. The molecule has 0 saturated heterocycles. The van der Waals surface area contributed by atoms with Crippen molar-refractivity contribution in [2.45, 2.75) is 6.54 Å². The minimum atomic E-state index is -0.635. The Labute approximate surface area is 130 Å². The zero-order valence-electron chi connectivity index (χ0n) is 12.0. The Balaban J connectivity index is 1.52. The molecule has 8 heteroatoms. The van der Waals surface area contributed by atoms with Crippen molar-refractivity contribution in [3.05, 3.63) is 54.9 Å². The van der Waals surface area contributed by atoms with E-state index in [1.165, 1.54) is 18.2 Å². The first-order valence-electron chi connectivity index (χ1n) is 6.85. The van der Waals surface area contributed by atoms with Crippen molar-refractivity contribution in [3.8, 4) is 17.2 Å². The summed E-state index contributed by atoms with van der Waals surface area (Å²) in [5.41, 5.74) is 0.634. The molecule has 7 nitrogen and oxygen atoms in total. The summed E-state index contributed by atoms with van der Waals surface area (Å²) in [6, 6.07) is 7.17. The number of imidazole rings is 1. The van der Waals surface area contributed by atoms with Gasteiger partial charge in [-0.15, -0.1) is 0 Å². The van der Waals surface area contributed by atoms with E-state index in [0.29, 0.717) is 24.4 Å². The molecule has 3 rings (SSSR count). The Bertz CT molecular complexity index is 768. The van der Waals surface area contributed by atoms with Gasteiger partial charge in [0.25, 0.3) is 5.88 Å². The molecule has 0 atom stereocenters. The van der Waals surface area contributed by atoms with E-state index in [1.54, 1.807) is 30.9 Å². The molecule has 0 aliphatic rings. The third kappa shape index (κ3) is 3.94. The Morgan fingerprint density at radius 1 is 1.35 bits per heavy atom. The third-order valence-corrected chi connectivity index (χ3v) is 3.01. The van der Waals surface area contributed by atoms with Gasteiger partial charge in [-0.05, 0) is 29.4 Å². The van der Waals surface area contributed by atoms with Crippen LogP contribution in [0, 0.1) is 5.82 Å². The van der Waals surface area contributed by atoms with Crippen LogP contribution in [0.1, 0.15) is 0 Å². The highest BCUT2D eigenvalue weighted by molar-refractivity contribution is 5.70. The highest BCUT2D eigenvalue weighted by atomic mass is 19.1. The van der Waals surface area contributed by atoms with Crippen molar-refractivity contribution in [1.82, 2.24) is 20.0 Å². The van der Waals surface area contributed by atoms with E-state index in [-0.39, 0.29) is 11.7 Å². The number of benzene rings is 1. The van der Waals surface area contributed by atoms with Crippen LogP contribution in [0.4, 0.5) is 9.18 Å². The summed E-state index contributed by atoms with van der Waals surface area (Å²) < 4.78 is 24.8. The predicted molar refractivity (Wildman–Crippen MR) is 78.2 cm³/mol. The summed E-state index contributed by atoms with van der Waals surface area (Å²) in [4.78, 5) is 15.5. The number of hydrogen-bond acceptors (Lipinski definition) is 5. The lowest BCUT2D eigenvalue weighted by molar-refractivity contribution is 0.195. The number of carbonyl (C=O) groups excluding carboxylic acids is 1. The number of amides is 1. The Kier molecular flexibility index (Phi) is 4.32. The lowest BCUT2D eigenvalue weighted by Crippen LogP contribution is -2.29. The van der Waals surface area contributed by atoms with E-state index in [2.05, 4.69) is 15.5 Å². The lowest BCUT2D eigenvalue weighted by Gasteiger charge is -2.04. The van der Waals surface area contributed by atoms with Gasteiger partial charge in [0, 0.05) is 31.0 Å². The van der Waals surface area contributed by atoms with Crippen LogP contribution < -0.4 is 10.1 Å². The number of aromatic nitrogens is 3. The van der Waals surface area contributed by atoms with E-state index in [9.17, 15) is 9.18 Å². The molecule has 1 aromatic carbocycles. The van der Waals surface area contributed by atoms with Gasteiger partial charge in [-0.3, -0.25) is 0 Å². The van der Waals surface area contributed by atoms with Crippen LogP contribution in [0.3, 0.4) is 0 Å². The van der Waals surface area contributed by atoms with Gasteiger partial charge >= 0.3 is 6.09 Å². The van der Waals surface area contributed by atoms with Crippen LogP contribution in [0.2, 0.25) is 0 Å². The highest BCUT2D eigenvalue weighted by Gasteiger charge is 2.11. The maximum Gasteiger partial charge on any atom is 0.414 e. The second-order valence-electron chi connectivity index (χ2n) is 4.65. The van der Waals surface area contributed by atoms with Gasteiger partial charge in [0.1, 0.15) is 5.82 Å². The fourth-order valence-electron chi connectivity index (χ4n) is 1.89.